The second-order valence-corrected chi connectivity index (χ2v) is 6.77. The van der Waals surface area contributed by atoms with Gasteiger partial charge in [-0.05, 0) is 23.8 Å². The number of allylic oxidation sites excluding steroid dienone is 2. The van der Waals surface area contributed by atoms with E-state index < -0.39 is 25.4 Å². The van der Waals surface area contributed by atoms with E-state index in [1.54, 1.807) is 0 Å². The minimum Gasteiger partial charge on any atom is -0.508 e. The highest BCUT2D eigenvalue weighted by molar-refractivity contribution is 7.50. The number of nitrogens with zero attached hydrogens (tertiary/aromatic N) is 1. The summed E-state index contributed by atoms with van der Waals surface area (Å²) in [6, 6.07) is 5.77. The van der Waals surface area contributed by atoms with E-state index >= 15 is 0 Å². The number of phenolic OH excluding ortho intramolecular Hbond substituents is 1. The first-order valence-corrected chi connectivity index (χ1v) is 8.55. The minimum atomic E-state index is -4.83. The molecule has 2 atom stereocenters. The van der Waals surface area contributed by atoms with Gasteiger partial charge in [0.25, 0.3) is 0 Å². The first-order valence-electron chi connectivity index (χ1n) is 6.99. The Morgan fingerprint density at radius 3 is 2.29 bits per heavy atom. The van der Waals surface area contributed by atoms with Gasteiger partial charge in [-0.25, -0.2) is 4.57 Å². The summed E-state index contributed by atoms with van der Waals surface area (Å²) in [5.41, 5.74) is 0.138. The van der Waals surface area contributed by atoms with Crippen LogP contribution in [0.15, 0.2) is 53.0 Å². The van der Waals surface area contributed by atoms with Gasteiger partial charge in [-0.15, -0.1) is 0 Å². The van der Waals surface area contributed by atoms with Crippen LogP contribution in [0.3, 0.4) is 0 Å². The molecule has 0 amide bonds. The van der Waals surface area contributed by atoms with Gasteiger partial charge in [0.05, 0.1) is 11.6 Å². The maximum absolute atomic E-state index is 11.1. The predicted molar refractivity (Wildman–Crippen MR) is 86.5 cm³/mol. The van der Waals surface area contributed by atoms with E-state index in [1.807, 2.05) is 0 Å². The minimum absolute atomic E-state index is 0.0154. The third-order valence-corrected chi connectivity index (χ3v) is 4.30. The number of hydrogen-bond donors (Lipinski definition) is 6. The van der Waals surface area contributed by atoms with Gasteiger partial charge in [0.15, 0.2) is 5.79 Å². The first-order chi connectivity index (χ1) is 11.0. The number of hydrogen-bond acceptors (Lipinski definition) is 5. The largest absolute Gasteiger partial charge is 0.508 e. The fourth-order valence-electron chi connectivity index (χ4n) is 2.46. The third kappa shape index (κ3) is 4.11. The third-order valence-electron chi connectivity index (χ3n) is 3.81. The highest BCUT2D eigenvalue weighted by Gasteiger charge is 2.43. The fourth-order valence-corrected chi connectivity index (χ4v) is 2.94. The lowest BCUT2D eigenvalue weighted by Crippen LogP contribution is -2.46. The molecule has 1 aromatic rings. The molecule has 0 saturated carbocycles. The van der Waals surface area contributed by atoms with E-state index in [0.717, 1.165) is 6.08 Å². The van der Waals surface area contributed by atoms with E-state index in [1.165, 1.54) is 43.3 Å². The van der Waals surface area contributed by atoms with Crippen LogP contribution in [0, 0.1) is 5.92 Å². The van der Waals surface area contributed by atoms with Crippen molar-refractivity contribution in [3.8, 4) is 5.75 Å². The number of aromatic hydroxyl groups is 1. The maximum Gasteiger partial charge on any atom is 0.448 e. The normalized spacial score (nSPS) is 21.6. The van der Waals surface area contributed by atoms with Crippen molar-refractivity contribution in [2.45, 2.75) is 18.6 Å². The summed E-state index contributed by atoms with van der Waals surface area (Å²) in [7, 11) is -4.83. The van der Waals surface area contributed by atoms with Crippen molar-refractivity contribution < 1.29 is 34.8 Å². The molecule has 1 aliphatic carbocycles. The molecule has 1 aliphatic rings. The summed E-state index contributed by atoms with van der Waals surface area (Å²) >= 11 is 0. The molecule has 6 N–H and O–H groups in total. The molecule has 130 valence electrons. The Balaban J connectivity index is 2.42. The highest BCUT2D eigenvalue weighted by atomic mass is 31.2. The van der Waals surface area contributed by atoms with Crippen LogP contribution in [0.25, 0.3) is 0 Å². The summed E-state index contributed by atoms with van der Waals surface area (Å²) < 4.78 is 14.3. The van der Waals surface area contributed by atoms with Gasteiger partial charge >= 0.3 is 7.75 Å². The molecule has 2 unspecified atom stereocenters. The van der Waals surface area contributed by atoms with Crippen LogP contribution < -0.4 is 0 Å². The van der Waals surface area contributed by atoms with Crippen LogP contribution in [0.5, 0.6) is 5.75 Å². The van der Waals surface area contributed by atoms with Crippen LogP contribution in [-0.4, -0.2) is 41.7 Å². The molecule has 0 heterocycles. The number of benzene rings is 1. The van der Waals surface area contributed by atoms with E-state index in [-0.39, 0.29) is 17.2 Å². The lowest BCUT2D eigenvalue weighted by Gasteiger charge is -2.36. The van der Waals surface area contributed by atoms with Gasteiger partial charge in [0, 0.05) is 12.0 Å². The zero-order valence-electron chi connectivity index (χ0n) is 12.7. The molecular weight excluding hydrogens is 337 g/mol. The molecule has 0 fully saturated rings. The van der Waals surface area contributed by atoms with Crippen molar-refractivity contribution in [3.05, 3.63) is 53.8 Å². The Morgan fingerprint density at radius 2 is 1.75 bits per heavy atom. The van der Waals surface area contributed by atoms with Gasteiger partial charge in [0.1, 0.15) is 11.5 Å². The number of aliphatic hydroxyl groups is 3. The van der Waals surface area contributed by atoms with E-state index in [9.17, 15) is 25.0 Å². The number of rotatable bonds is 4. The SMILES string of the molecule is CC(c1ccc(O)cc1)C(O)(O)C1C=CC(O)=CC1=NP(=O)(O)O. The maximum atomic E-state index is 11.1. The van der Waals surface area contributed by atoms with Gasteiger partial charge < -0.3 is 30.2 Å². The van der Waals surface area contributed by atoms with Gasteiger partial charge in [-0.3, -0.25) is 0 Å². The summed E-state index contributed by atoms with van der Waals surface area (Å²) in [5, 5.41) is 40.0. The molecule has 0 saturated heterocycles. The molecule has 0 bridgehead atoms. The molecular formula is C15H18NO7P. The predicted octanol–water partition coefficient (Wildman–Crippen LogP) is 1.34. The van der Waals surface area contributed by atoms with Gasteiger partial charge in [0.2, 0.25) is 0 Å². The lowest BCUT2D eigenvalue weighted by molar-refractivity contribution is -0.188. The highest BCUT2D eigenvalue weighted by Crippen LogP contribution is 2.41. The summed E-state index contributed by atoms with van der Waals surface area (Å²) in [6.07, 6.45) is 3.36. The molecule has 0 aliphatic heterocycles. The van der Waals surface area contributed by atoms with Crippen molar-refractivity contribution in [2.75, 3.05) is 0 Å². The quantitative estimate of drug-likeness (QED) is 0.352. The molecule has 1 aromatic carbocycles. The van der Waals surface area contributed by atoms with Crippen LogP contribution in [0.4, 0.5) is 0 Å². The van der Waals surface area contributed by atoms with Crippen LogP contribution >= 0.6 is 7.75 Å². The first kappa shape index (κ1) is 18.4. The van der Waals surface area contributed by atoms with Crippen molar-refractivity contribution in [1.29, 1.82) is 0 Å². The van der Waals surface area contributed by atoms with Crippen molar-refractivity contribution in [2.24, 2.45) is 10.7 Å². The van der Waals surface area contributed by atoms with Crippen LogP contribution in [0.1, 0.15) is 18.4 Å². The zero-order chi connectivity index (χ0) is 18.1. The van der Waals surface area contributed by atoms with Crippen molar-refractivity contribution in [3.63, 3.8) is 0 Å². The van der Waals surface area contributed by atoms with Crippen molar-refractivity contribution >= 4 is 13.5 Å². The van der Waals surface area contributed by atoms with Crippen LogP contribution in [-0.2, 0) is 4.57 Å². The monoisotopic (exact) mass is 355 g/mol. The zero-order valence-corrected chi connectivity index (χ0v) is 13.6. The Bertz CT molecular complexity index is 746. The summed E-state index contributed by atoms with van der Waals surface area (Å²) in [4.78, 5) is 18.0. The van der Waals surface area contributed by atoms with Crippen molar-refractivity contribution in [1.82, 2.24) is 0 Å². The molecule has 0 radical (unpaired) electrons. The molecule has 0 aromatic heterocycles. The smallest absolute Gasteiger partial charge is 0.448 e. The number of phenols is 1. The second-order valence-electron chi connectivity index (χ2n) is 5.54. The number of aliphatic hydroxyl groups excluding tert-OH is 1. The summed E-state index contributed by atoms with van der Waals surface area (Å²) in [5.74, 6) is -4.90. The molecule has 9 heteroatoms. The van der Waals surface area contributed by atoms with Gasteiger partial charge in [-0.1, -0.05) is 25.1 Å². The van der Waals surface area contributed by atoms with Gasteiger partial charge in [-0.2, -0.15) is 4.76 Å². The lowest BCUT2D eigenvalue weighted by atomic mass is 9.79. The second kappa shape index (κ2) is 6.51. The molecule has 8 nitrogen and oxygen atoms in total. The average Bonchev–Trinajstić information content (AvgIpc) is 2.45. The fraction of sp³-hybridized carbons (Fsp3) is 0.267. The Kier molecular flexibility index (Phi) is 4.98. The molecule has 24 heavy (non-hydrogen) atoms. The van der Waals surface area contributed by atoms with E-state index in [0.29, 0.717) is 5.56 Å². The Hall–Kier alpha value is -1.96. The summed E-state index contributed by atoms with van der Waals surface area (Å²) in [6.45, 7) is 1.51. The molecule has 2 rings (SSSR count). The Morgan fingerprint density at radius 1 is 1.17 bits per heavy atom. The van der Waals surface area contributed by atoms with Crippen LogP contribution in [0.2, 0.25) is 0 Å². The standard InChI is InChI=1S/C15H18NO7P/c1-9(10-2-4-11(17)5-3-10)15(19,20)13-7-6-12(18)8-14(13)16-24(21,22)23/h2-9,13,17-20H,1H3,(H2,21,22,23). The van der Waals surface area contributed by atoms with E-state index in [2.05, 4.69) is 4.76 Å². The molecule has 0 spiro atoms. The average molecular weight is 355 g/mol. The van der Waals surface area contributed by atoms with E-state index in [4.69, 9.17) is 9.79 Å². The Labute approximate surface area is 138 Å². The topological polar surface area (TPSA) is 151 Å².